The molecule has 4 heteroatoms. The van der Waals surface area contributed by atoms with Crippen LogP contribution in [0.25, 0.3) is 6.08 Å². The number of hydrogen-bond donors (Lipinski definition) is 0. The number of hydrogen-bond acceptors (Lipinski definition) is 2. The van der Waals surface area contributed by atoms with Crippen molar-refractivity contribution in [1.29, 1.82) is 0 Å². The summed E-state index contributed by atoms with van der Waals surface area (Å²) in [6.07, 6.45) is 3.46. The Bertz CT molecular complexity index is 592. The first-order chi connectivity index (χ1) is 9.69. The Labute approximate surface area is 128 Å². The Balaban J connectivity index is 2.00. The molecule has 0 aliphatic heterocycles. The second kappa shape index (κ2) is 7.27. The zero-order chi connectivity index (χ0) is 14.4. The SMILES string of the molecule is CCN(Cc1ccc(Cl)s1)C(=O)/C=C/c1ccccc1. The Kier molecular flexibility index (Phi) is 5.39. The number of thiophene rings is 1. The molecule has 20 heavy (non-hydrogen) atoms. The third kappa shape index (κ3) is 4.22. The summed E-state index contributed by atoms with van der Waals surface area (Å²) in [4.78, 5) is 15.1. The van der Waals surface area contributed by atoms with E-state index in [0.29, 0.717) is 13.1 Å². The topological polar surface area (TPSA) is 20.3 Å². The molecule has 0 aliphatic rings. The molecule has 2 rings (SSSR count). The van der Waals surface area contributed by atoms with Crippen molar-refractivity contribution < 1.29 is 4.79 Å². The minimum absolute atomic E-state index is 0.0147. The van der Waals surface area contributed by atoms with E-state index in [-0.39, 0.29) is 5.91 Å². The summed E-state index contributed by atoms with van der Waals surface area (Å²) >= 11 is 7.42. The molecule has 0 spiro atoms. The smallest absolute Gasteiger partial charge is 0.246 e. The van der Waals surface area contributed by atoms with Gasteiger partial charge in [-0.05, 0) is 30.7 Å². The van der Waals surface area contributed by atoms with Crippen LogP contribution in [0.5, 0.6) is 0 Å². The van der Waals surface area contributed by atoms with Crippen LogP contribution >= 0.6 is 22.9 Å². The molecule has 0 unspecified atom stereocenters. The number of benzene rings is 1. The van der Waals surface area contributed by atoms with Crippen molar-refractivity contribution in [1.82, 2.24) is 4.90 Å². The van der Waals surface area contributed by atoms with Crippen molar-refractivity contribution in [3.8, 4) is 0 Å². The Morgan fingerprint density at radius 3 is 2.60 bits per heavy atom. The van der Waals surface area contributed by atoms with Gasteiger partial charge >= 0.3 is 0 Å². The van der Waals surface area contributed by atoms with Gasteiger partial charge in [-0.25, -0.2) is 0 Å². The molecule has 0 bridgehead atoms. The second-order valence-corrected chi connectivity index (χ2v) is 6.10. The van der Waals surface area contributed by atoms with E-state index in [4.69, 9.17) is 11.6 Å². The van der Waals surface area contributed by atoms with Gasteiger partial charge in [-0.2, -0.15) is 0 Å². The van der Waals surface area contributed by atoms with Crippen LogP contribution in [0.4, 0.5) is 0 Å². The summed E-state index contributed by atoms with van der Waals surface area (Å²) in [6, 6.07) is 13.6. The maximum atomic E-state index is 12.2. The van der Waals surface area contributed by atoms with Gasteiger partial charge in [0.15, 0.2) is 0 Å². The van der Waals surface area contributed by atoms with Gasteiger partial charge in [0.05, 0.1) is 10.9 Å². The number of likely N-dealkylation sites (N-methyl/N-ethyl adjacent to an activating group) is 1. The fourth-order valence-corrected chi connectivity index (χ4v) is 2.91. The maximum Gasteiger partial charge on any atom is 0.246 e. The maximum absolute atomic E-state index is 12.2. The van der Waals surface area contributed by atoms with Crippen LogP contribution in [0.3, 0.4) is 0 Å². The van der Waals surface area contributed by atoms with E-state index in [1.54, 1.807) is 11.0 Å². The molecule has 0 atom stereocenters. The van der Waals surface area contributed by atoms with Crippen LogP contribution in [-0.2, 0) is 11.3 Å². The molecule has 2 nitrogen and oxygen atoms in total. The molecule has 1 heterocycles. The average Bonchev–Trinajstić information content (AvgIpc) is 2.88. The van der Waals surface area contributed by atoms with E-state index in [9.17, 15) is 4.79 Å². The van der Waals surface area contributed by atoms with Gasteiger partial charge in [-0.3, -0.25) is 4.79 Å². The molecular formula is C16H16ClNOS. The van der Waals surface area contributed by atoms with Gasteiger partial charge in [0.2, 0.25) is 5.91 Å². The summed E-state index contributed by atoms with van der Waals surface area (Å²) in [5.41, 5.74) is 1.02. The van der Waals surface area contributed by atoms with Crippen LogP contribution in [0, 0.1) is 0 Å². The molecule has 0 saturated carbocycles. The molecule has 1 amide bonds. The summed E-state index contributed by atoms with van der Waals surface area (Å²) in [6.45, 7) is 3.25. The number of carbonyl (C=O) groups is 1. The lowest BCUT2D eigenvalue weighted by Crippen LogP contribution is -2.28. The zero-order valence-electron chi connectivity index (χ0n) is 11.3. The number of rotatable bonds is 5. The minimum atomic E-state index is 0.0147. The van der Waals surface area contributed by atoms with Crippen molar-refractivity contribution in [2.24, 2.45) is 0 Å². The van der Waals surface area contributed by atoms with E-state index < -0.39 is 0 Å². The van der Waals surface area contributed by atoms with Gasteiger partial charge in [0.1, 0.15) is 0 Å². The van der Waals surface area contributed by atoms with Crippen molar-refractivity contribution in [2.45, 2.75) is 13.5 Å². The third-order valence-electron chi connectivity index (χ3n) is 2.89. The standard InChI is InChI=1S/C16H16ClNOS/c1-2-18(12-14-9-10-15(17)20-14)16(19)11-8-13-6-4-3-5-7-13/h3-11H,2,12H2,1H3/b11-8+. The monoisotopic (exact) mass is 305 g/mol. The lowest BCUT2D eigenvalue weighted by molar-refractivity contribution is -0.126. The minimum Gasteiger partial charge on any atom is -0.334 e. The highest BCUT2D eigenvalue weighted by Crippen LogP contribution is 2.22. The molecule has 1 aromatic heterocycles. The number of carbonyl (C=O) groups excluding carboxylic acids is 1. The van der Waals surface area contributed by atoms with E-state index >= 15 is 0 Å². The van der Waals surface area contributed by atoms with Crippen molar-refractivity contribution >= 4 is 34.9 Å². The molecule has 1 aromatic carbocycles. The summed E-state index contributed by atoms with van der Waals surface area (Å²) in [5, 5.41) is 0. The normalized spacial score (nSPS) is 10.9. The van der Waals surface area contributed by atoms with E-state index in [0.717, 1.165) is 14.8 Å². The third-order valence-corrected chi connectivity index (χ3v) is 4.10. The molecule has 0 saturated heterocycles. The fraction of sp³-hybridized carbons (Fsp3) is 0.188. The largest absolute Gasteiger partial charge is 0.334 e. The molecule has 0 aliphatic carbocycles. The van der Waals surface area contributed by atoms with Crippen LogP contribution < -0.4 is 0 Å². The molecule has 0 radical (unpaired) electrons. The lowest BCUT2D eigenvalue weighted by Gasteiger charge is -2.18. The predicted molar refractivity (Wildman–Crippen MR) is 85.9 cm³/mol. The van der Waals surface area contributed by atoms with Gasteiger partial charge < -0.3 is 4.90 Å². The highest BCUT2D eigenvalue weighted by molar-refractivity contribution is 7.16. The number of nitrogens with zero attached hydrogens (tertiary/aromatic N) is 1. The van der Waals surface area contributed by atoms with Crippen LogP contribution in [-0.4, -0.2) is 17.4 Å². The van der Waals surface area contributed by atoms with Gasteiger partial charge in [0, 0.05) is 17.5 Å². The van der Waals surface area contributed by atoms with Crippen LogP contribution in [0.1, 0.15) is 17.4 Å². The van der Waals surface area contributed by atoms with Crippen LogP contribution in [0.15, 0.2) is 48.5 Å². The van der Waals surface area contributed by atoms with Crippen molar-refractivity contribution in [2.75, 3.05) is 6.54 Å². The fourth-order valence-electron chi connectivity index (χ4n) is 1.81. The first kappa shape index (κ1) is 14.8. The van der Waals surface area contributed by atoms with E-state index in [1.807, 2.05) is 55.5 Å². The van der Waals surface area contributed by atoms with E-state index in [1.165, 1.54) is 11.3 Å². The number of halogens is 1. The van der Waals surface area contributed by atoms with Gasteiger partial charge in [0.25, 0.3) is 0 Å². The molecule has 2 aromatic rings. The lowest BCUT2D eigenvalue weighted by atomic mass is 10.2. The Hall–Kier alpha value is -1.58. The first-order valence-corrected chi connectivity index (χ1v) is 7.64. The summed E-state index contributed by atoms with van der Waals surface area (Å²) in [7, 11) is 0. The molecular weight excluding hydrogens is 290 g/mol. The average molecular weight is 306 g/mol. The molecule has 104 valence electrons. The Morgan fingerprint density at radius 1 is 1.25 bits per heavy atom. The van der Waals surface area contributed by atoms with Gasteiger partial charge in [-0.15, -0.1) is 11.3 Å². The van der Waals surface area contributed by atoms with Gasteiger partial charge in [-0.1, -0.05) is 41.9 Å². The van der Waals surface area contributed by atoms with Crippen molar-refractivity contribution in [3.63, 3.8) is 0 Å². The summed E-state index contributed by atoms with van der Waals surface area (Å²) in [5.74, 6) is 0.0147. The molecule has 0 fully saturated rings. The van der Waals surface area contributed by atoms with Crippen molar-refractivity contribution in [3.05, 3.63) is 63.3 Å². The number of amides is 1. The van der Waals surface area contributed by atoms with E-state index in [2.05, 4.69) is 0 Å². The highest BCUT2D eigenvalue weighted by Gasteiger charge is 2.10. The summed E-state index contributed by atoms with van der Waals surface area (Å²) < 4.78 is 0.753. The predicted octanol–water partition coefficient (Wildman–Crippen LogP) is 4.46. The second-order valence-electron chi connectivity index (χ2n) is 4.30. The first-order valence-electron chi connectivity index (χ1n) is 6.45. The highest BCUT2D eigenvalue weighted by atomic mass is 35.5. The Morgan fingerprint density at radius 2 is 2.00 bits per heavy atom. The molecule has 0 N–H and O–H groups in total. The van der Waals surface area contributed by atoms with Crippen LogP contribution in [0.2, 0.25) is 4.34 Å². The zero-order valence-corrected chi connectivity index (χ0v) is 12.8. The quantitative estimate of drug-likeness (QED) is 0.747.